The number of nitrogens with one attached hydrogen (secondary N) is 1. The molecule has 1 fully saturated rings. The van der Waals surface area contributed by atoms with Crippen molar-refractivity contribution in [1.29, 1.82) is 0 Å². The van der Waals surface area contributed by atoms with Gasteiger partial charge in [0.15, 0.2) is 0 Å². The first-order chi connectivity index (χ1) is 9.60. The zero-order valence-corrected chi connectivity index (χ0v) is 12.7. The van der Waals surface area contributed by atoms with E-state index >= 15 is 0 Å². The van der Waals surface area contributed by atoms with Crippen LogP contribution in [0.2, 0.25) is 0 Å². The highest BCUT2D eigenvalue weighted by molar-refractivity contribution is 5.81. The Bertz CT molecular complexity index is 322. The molecule has 1 heterocycles. The molecule has 1 rings (SSSR count). The minimum Gasteiger partial charge on any atom is -0.466 e. The van der Waals surface area contributed by atoms with Crippen LogP contribution in [0.4, 0.5) is 0 Å². The molecule has 116 valence electrons. The first kappa shape index (κ1) is 16.9. The summed E-state index contributed by atoms with van der Waals surface area (Å²) in [7, 11) is 1.60. The van der Waals surface area contributed by atoms with Gasteiger partial charge >= 0.3 is 5.97 Å². The maximum Gasteiger partial charge on any atom is 0.310 e. The Kier molecular flexibility index (Phi) is 7.54. The highest BCUT2D eigenvalue weighted by Crippen LogP contribution is 2.19. The second-order valence-electron chi connectivity index (χ2n) is 5.05. The Morgan fingerprint density at radius 1 is 1.45 bits per heavy atom. The van der Waals surface area contributed by atoms with Crippen molar-refractivity contribution in [3.63, 3.8) is 0 Å². The molecule has 2 atom stereocenters. The highest BCUT2D eigenvalue weighted by atomic mass is 16.5. The minimum absolute atomic E-state index is 0.0217. The maximum atomic E-state index is 12.0. The van der Waals surface area contributed by atoms with Crippen LogP contribution in [0.25, 0.3) is 0 Å². The van der Waals surface area contributed by atoms with E-state index in [0.29, 0.717) is 26.3 Å². The summed E-state index contributed by atoms with van der Waals surface area (Å²) >= 11 is 0. The lowest BCUT2D eigenvalue weighted by molar-refractivity contribution is -0.151. The number of nitrogens with zero attached hydrogens (tertiary/aromatic N) is 1. The van der Waals surface area contributed by atoms with Crippen molar-refractivity contribution in [3.8, 4) is 0 Å². The van der Waals surface area contributed by atoms with E-state index in [1.54, 1.807) is 7.11 Å². The number of carbonyl (C=O) groups excluding carboxylic acids is 2. The topological polar surface area (TPSA) is 67.9 Å². The molecule has 1 aliphatic heterocycles. The Morgan fingerprint density at radius 2 is 2.20 bits per heavy atom. The van der Waals surface area contributed by atoms with Gasteiger partial charge in [0, 0.05) is 20.2 Å². The zero-order chi connectivity index (χ0) is 15.0. The van der Waals surface area contributed by atoms with Crippen LogP contribution in [0.3, 0.4) is 0 Å². The molecule has 1 aliphatic rings. The third-order valence-electron chi connectivity index (χ3n) is 3.61. The van der Waals surface area contributed by atoms with Gasteiger partial charge in [-0.05, 0) is 33.2 Å². The van der Waals surface area contributed by atoms with Crippen molar-refractivity contribution in [2.24, 2.45) is 5.92 Å². The molecule has 0 aliphatic carbocycles. The van der Waals surface area contributed by atoms with Crippen LogP contribution in [-0.4, -0.2) is 62.8 Å². The normalized spacial score (nSPS) is 21.2. The molecule has 6 nitrogen and oxygen atoms in total. The summed E-state index contributed by atoms with van der Waals surface area (Å²) in [6.45, 7) is 6.54. The van der Waals surface area contributed by atoms with E-state index in [1.165, 1.54) is 0 Å². The summed E-state index contributed by atoms with van der Waals surface area (Å²) < 4.78 is 9.97. The Hall–Kier alpha value is -1.14. The van der Waals surface area contributed by atoms with Crippen molar-refractivity contribution in [2.45, 2.75) is 32.7 Å². The van der Waals surface area contributed by atoms with Crippen molar-refractivity contribution >= 4 is 11.9 Å². The molecule has 0 aromatic rings. The SMILES string of the molecule is CCOC(=O)[C@@H]1CCCN(C(C)C(=O)NCCOC)C1. The van der Waals surface area contributed by atoms with Gasteiger partial charge in [-0.1, -0.05) is 0 Å². The van der Waals surface area contributed by atoms with E-state index in [1.807, 2.05) is 18.7 Å². The summed E-state index contributed by atoms with van der Waals surface area (Å²) in [5.41, 5.74) is 0. The van der Waals surface area contributed by atoms with Crippen molar-refractivity contribution in [1.82, 2.24) is 10.2 Å². The highest BCUT2D eigenvalue weighted by Gasteiger charge is 2.31. The van der Waals surface area contributed by atoms with E-state index < -0.39 is 0 Å². The minimum atomic E-state index is -0.232. The Labute approximate surface area is 120 Å². The first-order valence-corrected chi connectivity index (χ1v) is 7.27. The summed E-state index contributed by atoms with van der Waals surface area (Å²) in [6, 6.07) is -0.232. The van der Waals surface area contributed by atoms with E-state index in [2.05, 4.69) is 5.32 Å². The molecule has 0 aromatic heterocycles. The lowest BCUT2D eigenvalue weighted by atomic mass is 9.97. The van der Waals surface area contributed by atoms with Crippen LogP contribution < -0.4 is 5.32 Å². The molecular formula is C14H26N2O4. The van der Waals surface area contributed by atoms with Gasteiger partial charge in [-0.3, -0.25) is 14.5 Å². The molecule has 1 amide bonds. The number of likely N-dealkylation sites (tertiary alicyclic amines) is 1. The first-order valence-electron chi connectivity index (χ1n) is 7.27. The summed E-state index contributed by atoms with van der Waals surface area (Å²) in [4.78, 5) is 25.8. The number of piperidine rings is 1. The molecule has 20 heavy (non-hydrogen) atoms. The van der Waals surface area contributed by atoms with E-state index in [-0.39, 0.29) is 23.8 Å². The largest absolute Gasteiger partial charge is 0.466 e. The number of rotatable bonds is 7. The lowest BCUT2D eigenvalue weighted by Gasteiger charge is -2.35. The molecule has 1 N–H and O–H groups in total. The van der Waals surface area contributed by atoms with Crippen LogP contribution >= 0.6 is 0 Å². The van der Waals surface area contributed by atoms with Crippen molar-refractivity contribution < 1.29 is 19.1 Å². The van der Waals surface area contributed by atoms with E-state index in [0.717, 1.165) is 19.4 Å². The fraction of sp³-hybridized carbons (Fsp3) is 0.857. The van der Waals surface area contributed by atoms with Gasteiger partial charge in [0.05, 0.1) is 25.2 Å². The predicted molar refractivity (Wildman–Crippen MR) is 75.3 cm³/mol. The van der Waals surface area contributed by atoms with Crippen LogP contribution in [0.15, 0.2) is 0 Å². The summed E-state index contributed by atoms with van der Waals surface area (Å²) in [5, 5.41) is 2.83. The number of hydrogen-bond donors (Lipinski definition) is 1. The smallest absolute Gasteiger partial charge is 0.310 e. The monoisotopic (exact) mass is 286 g/mol. The van der Waals surface area contributed by atoms with Gasteiger partial charge < -0.3 is 14.8 Å². The van der Waals surface area contributed by atoms with Crippen molar-refractivity contribution in [3.05, 3.63) is 0 Å². The molecule has 0 bridgehead atoms. The average molecular weight is 286 g/mol. The van der Waals surface area contributed by atoms with E-state index in [9.17, 15) is 9.59 Å². The third-order valence-corrected chi connectivity index (χ3v) is 3.61. The molecule has 1 saturated heterocycles. The number of hydrogen-bond acceptors (Lipinski definition) is 5. The second-order valence-corrected chi connectivity index (χ2v) is 5.05. The second kappa shape index (κ2) is 8.92. The predicted octanol–water partition coefficient (Wildman–Crippen LogP) is 0.413. The van der Waals surface area contributed by atoms with Crippen LogP contribution in [0.1, 0.15) is 26.7 Å². The average Bonchev–Trinajstić information content (AvgIpc) is 2.47. The number of ether oxygens (including phenoxy) is 2. The van der Waals surface area contributed by atoms with Crippen molar-refractivity contribution in [2.75, 3.05) is 40.0 Å². The fourth-order valence-electron chi connectivity index (χ4n) is 2.40. The van der Waals surface area contributed by atoms with Gasteiger partial charge in [0.2, 0.25) is 5.91 Å². The van der Waals surface area contributed by atoms with Gasteiger partial charge in [0.1, 0.15) is 0 Å². The Morgan fingerprint density at radius 3 is 2.85 bits per heavy atom. The number of esters is 1. The van der Waals surface area contributed by atoms with Gasteiger partial charge in [-0.15, -0.1) is 0 Å². The molecule has 0 aromatic carbocycles. The van der Waals surface area contributed by atoms with Crippen LogP contribution in [-0.2, 0) is 19.1 Å². The van der Waals surface area contributed by atoms with Gasteiger partial charge in [-0.25, -0.2) is 0 Å². The molecular weight excluding hydrogens is 260 g/mol. The number of carbonyl (C=O) groups is 2. The number of methoxy groups -OCH3 is 1. The van der Waals surface area contributed by atoms with E-state index in [4.69, 9.17) is 9.47 Å². The molecule has 1 unspecified atom stereocenters. The Balaban J connectivity index is 2.45. The molecule has 0 spiro atoms. The van der Waals surface area contributed by atoms with Crippen LogP contribution in [0, 0.1) is 5.92 Å². The lowest BCUT2D eigenvalue weighted by Crippen LogP contribution is -2.50. The standard InChI is InChI=1S/C14H26N2O4/c1-4-20-14(18)12-6-5-8-16(10-12)11(2)13(17)15-7-9-19-3/h11-12H,4-10H2,1-3H3,(H,15,17)/t11?,12-/m1/s1. The quantitative estimate of drug-likeness (QED) is 0.542. The van der Waals surface area contributed by atoms with Crippen LogP contribution in [0.5, 0.6) is 0 Å². The maximum absolute atomic E-state index is 12.0. The third kappa shape index (κ3) is 5.09. The zero-order valence-electron chi connectivity index (χ0n) is 12.7. The summed E-state index contributed by atoms with van der Waals surface area (Å²) in [6.07, 6.45) is 1.76. The molecule has 6 heteroatoms. The molecule has 0 radical (unpaired) electrons. The molecule has 0 saturated carbocycles. The van der Waals surface area contributed by atoms with Gasteiger partial charge in [-0.2, -0.15) is 0 Å². The number of amides is 1. The van der Waals surface area contributed by atoms with Gasteiger partial charge in [0.25, 0.3) is 0 Å². The summed E-state index contributed by atoms with van der Waals surface area (Å²) in [5.74, 6) is -0.284. The fourth-order valence-corrected chi connectivity index (χ4v) is 2.40.